The summed E-state index contributed by atoms with van der Waals surface area (Å²) in [5.74, 6) is 1.93. The van der Waals surface area contributed by atoms with E-state index >= 15 is 0 Å². The first-order valence-electron chi connectivity index (χ1n) is 10.8. The lowest BCUT2D eigenvalue weighted by atomic mass is 9.87. The number of amides is 2. The van der Waals surface area contributed by atoms with Gasteiger partial charge < -0.3 is 24.4 Å². The van der Waals surface area contributed by atoms with Gasteiger partial charge in [0.1, 0.15) is 0 Å². The van der Waals surface area contributed by atoms with E-state index in [2.05, 4.69) is 15.5 Å². The maximum absolute atomic E-state index is 13.1. The second-order valence-electron chi connectivity index (χ2n) is 8.43. The topological polar surface area (TPSA) is 101 Å². The molecule has 0 aromatic carbocycles. The van der Waals surface area contributed by atoms with Crippen LogP contribution >= 0.6 is 0 Å². The van der Waals surface area contributed by atoms with Gasteiger partial charge in [-0.25, -0.2) is 0 Å². The van der Waals surface area contributed by atoms with Crippen LogP contribution in [0.25, 0.3) is 0 Å². The summed E-state index contributed by atoms with van der Waals surface area (Å²) in [5, 5.41) is 7.16. The van der Waals surface area contributed by atoms with Crippen molar-refractivity contribution in [1.82, 2.24) is 25.3 Å². The van der Waals surface area contributed by atoms with Crippen molar-refractivity contribution in [2.45, 2.75) is 32.6 Å². The van der Waals surface area contributed by atoms with Crippen LogP contribution in [0.1, 0.15) is 31.0 Å². The minimum atomic E-state index is -0.117. The van der Waals surface area contributed by atoms with Crippen LogP contribution in [0.15, 0.2) is 4.52 Å². The molecule has 4 heterocycles. The molecule has 3 fully saturated rings. The van der Waals surface area contributed by atoms with E-state index in [1.165, 1.54) is 0 Å². The predicted octanol–water partition coefficient (Wildman–Crippen LogP) is 0.244. The summed E-state index contributed by atoms with van der Waals surface area (Å²) in [6.07, 6.45) is 3.32. The summed E-state index contributed by atoms with van der Waals surface area (Å²) in [7, 11) is 0. The first-order chi connectivity index (χ1) is 14.1. The van der Waals surface area contributed by atoms with Crippen LogP contribution in [-0.2, 0) is 20.7 Å². The minimum absolute atomic E-state index is 0.117. The number of carbonyl (C=O) groups is 2. The Morgan fingerprint density at radius 2 is 1.66 bits per heavy atom. The number of hydrogen-bond donors (Lipinski definition) is 1. The van der Waals surface area contributed by atoms with Crippen molar-refractivity contribution in [3.63, 3.8) is 0 Å². The lowest BCUT2D eigenvalue weighted by molar-refractivity contribution is -0.143. The average Bonchev–Trinajstić information content (AvgIpc) is 3.18. The Morgan fingerprint density at radius 3 is 2.24 bits per heavy atom. The maximum Gasteiger partial charge on any atom is 0.227 e. The zero-order valence-electron chi connectivity index (χ0n) is 17.1. The summed E-state index contributed by atoms with van der Waals surface area (Å²) in [4.78, 5) is 34.0. The molecule has 3 saturated heterocycles. The molecule has 3 aliphatic heterocycles. The van der Waals surface area contributed by atoms with E-state index in [0.717, 1.165) is 32.4 Å². The number of likely N-dealkylation sites (tertiary alicyclic amines) is 1. The molecular formula is C20H31N5O4. The Labute approximate surface area is 171 Å². The third kappa shape index (κ3) is 4.95. The van der Waals surface area contributed by atoms with Crippen molar-refractivity contribution in [2.75, 3.05) is 52.5 Å². The van der Waals surface area contributed by atoms with Crippen molar-refractivity contribution in [3.05, 3.63) is 11.7 Å². The first-order valence-corrected chi connectivity index (χ1v) is 10.8. The van der Waals surface area contributed by atoms with Gasteiger partial charge in [0.25, 0.3) is 0 Å². The number of rotatable bonds is 4. The molecule has 9 nitrogen and oxygen atoms in total. The standard InChI is InChI=1S/C20H31N5O4/c1-14-22-18(29-23-14)10-15-2-4-24(5-3-15)19(26)16-11-17(13-21-12-16)20(27)25-6-8-28-9-7-25/h15-17,21H,2-13H2,1H3/t16-,17-/m1/s1. The number of ether oxygens (including phenoxy) is 1. The van der Waals surface area contributed by atoms with Gasteiger partial charge in [0.15, 0.2) is 5.82 Å². The normalized spacial score (nSPS) is 26.5. The van der Waals surface area contributed by atoms with Gasteiger partial charge in [-0.3, -0.25) is 9.59 Å². The van der Waals surface area contributed by atoms with E-state index in [1.807, 2.05) is 16.7 Å². The van der Waals surface area contributed by atoms with Crippen LogP contribution in [0.3, 0.4) is 0 Å². The van der Waals surface area contributed by atoms with Gasteiger partial charge in [0.2, 0.25) is 17.7 Å². The van der Waals surface area contributed by atoms with Gasteiger partial charge in [-0.05, 0) is 32.1 Å². The van der Waals surface area contributed by atoms with E-state index in [0.29, 0.717) is 63.4 Å². The van der Waals surface area contributed by atoms with Crippen molar-refractivity contribution >= 4 is 11.8 Å². The third-order valence-electron chi connectivity index (χ3n) is 6.33. The van der Waals surface area contributed by atoms with E-state index in [9.17, 15) is 9.59 Å². The van der Waals surface area contributed by atoms with Crippen molar-refractivity contribution in [3.8, 4) is 0 Å². The Balaban J connectivity index is 1.26. The highest BCUT2D eigenvalue weighted by molar-refractivity contribution is 5.83. The maximum atomic E-state index is 13.1. The van der Waals surface area contributed by atoms with Crippen molar-refractivity contribution in [1.29, 1.82) is 0 Å². The number of piperidine rings is 2. The molecule has 9 heteroatoms. The number of nitrogens with one attached hydrogen (secondary N) is 1. The molecule has 29 heavy (non-hydrogen) atoms. The molecule has 1 N–H and O–H groups in total. The molecule has 1 aromatic rings. The predicted molar refractivity (Wildman–Crippen MR) is 104 cm³/mol. The highest BCUT2D eigenvalue weighted by Crippen LogP contribution is 2.26. The summed E-state index contributed by atoms with van der Waals surface area (Å²) in [6.45, 7) is 7.17. The van der Waals surface area contributed by atoms with Crippen molar-refractivity contribution < 1.29 is 18.8 Å². The number of aromatic nitrogens is 2. The van der Waals surface area contributed by atoms with Crippen LogP contribution in [-0.4, -0.2) is 84.2 Å². The highest BCUT2D eigenvalue weighted by atomic mass is 16.5. The number of hydrogen-bond acceptors (Lipinski definition) is 7. The van der Waals surface area contributed by atoms with E-state index in [1.54, 1.807) is 0 Å². The van der Waals surface area contributed by atoms with Crippen molar-refractivity contribution in [2.24, 2.45) is 17.8 Å². The number of aryl methyl sites for hydroxylation is 1. The average molecular weight is 405 g/mol. The first kappa shape index (κ1) is 20.3. The zero-order valence-corrected chi connectivity index (χ0v) is 17.1. The van der Waals surface area contributed by atoms with Crippen LogP contribution in [0.5, 0.6) is 0 Å². The number of nitrogens with zero attached hydrogens (tertiary/aromatic N) is 4. The summed E-state index contributed by atoms with van der Waals surface area (Å²) < 4.78 is 10.6. The van der Waals surface area contributed by atoms with Crippen LogP contribution in [0, 0.1) is 24.7 Å². The molecule has 1 aromatic heterocycles. The fraction of sp³-hybridized carbons (Fsp3) is 0.800. The fourth-order valence-electron chi connectivity index (χ4n) is 4.65. The fourth-order valence-corrected chi connectivity index (χ4v) is 4.65. The van der Waals surface area contributed by atoms with Gasteiger partial charge in [0.05, 0.1) is 25.0 Å². The third-order valence-corrected chi connectivity index (χ3v) is 6.33. The van der Waals surface area contributed by atoms with Gasteiger partial charge >= 0.3 is 0 Å². The van der Waals surface area contributed by atoms with E-state index < -0.39 is 0 Å². The molecule has 4 rings (SSSR count). The smallest absolute Gasteiger partial charge is 0.227 e. The van der Waals surface area contributed by atoms with Crippen LogP contribution in [0.2, 0.25) is 0 Å². The second kappa shape index (κ2) is 9.21. The van der Waals surface area contributed by atoms with E-state index in [4.69, 9.17) is 9.26 Å². The molecular weight excluding hydrogens is 374 g/mol. The molecule has 0 saturated carbocycles. The Bertz CT molecular complexity index is 709. The van der Waals surface area contributed by atoms with Gasteiger partial charge in [-0.2, -0.15) is 4.98 Å². The summed E-state index contributed by atoms with van der Waals surface area (Å²) in [6, 6.07) is 0. The Hall–Kier alpha value is -2.00. The summed E-state index contributed by atoms with van der Waals surface area (Å²) >= 11 is 0. The Morgan fingerprint density at radius 1 is 1.03 bits per heavy atom. The lowest BCUT2D eigenvalue weighted by Crippen LogP contribution is -2.52. The lowest BCUT2D eigenvalue weighted by Gasteiger charge is -2.38. The van der Waals surface area contributed by atoms with Gasteiger partial charge in [0, 0.05) is 45.7 Å². The van der Waals surface area contributed by atoms with Gasteiger partial charge in [-0.15, -0.1) is 0 Å². The second-order valence-corrected chi connectivity index (χ2v) is 8.43. The van der Waals surface area contributed by atoms with E-state index in [-0.39, 0.29) is 23.7 Å². The van der Waals surface area contributed by atoms with Gasteiger partial charge in [-0.1, -0.05) is 5.16 Å². The molecule has 0 unspecified atom stereocenters. The monoisotopic (exact) mass is 405 g/mol. The Kier molecular flexibility index (Phi) is 6.44. The molecule has 2 atom stereocenters. The largest absolute Gasteiger partial charge is 0.378 e. The molecule has 0 spiro atoms. The number of morpholine rings is 1. The highest BCUT2D eigenvalue weighted by Gasteiger charge is 2.36. The molecule has 0 radical (unpaired) electrons. The minimum Gasteiger partial charge on any atom is -0.378 e. The SMILES string of the molecule is Cc1noc(CC2CCN(C(=O)[C@H]3CNC[C@H](C(=O)N4CCOCC4)C3)CC2)n1. The van der Waals surface area contributed by atoms with Crippen LogP contribution < -0.4 is 5.32 Å². The molecule has 0 aliphatic carbocycles. The molecule has 3 aliphatic rings. The molecule has 2 amide bonds. The van der Waals surface area contributed by atoms with Crippen LogP contribution in [0.4, 0.5) is 0 Å². The summed E-state index contributed by atoms with van der Waals surface area (Å²) in [5.41, 5.74) is 0. The molecule has 0 bridgehead atoms. The zero-order chi connectivity index (χ0) is 20.2. The number of carbonyl (C=O) groups excluding carboxylic acids is 2. The molecule has 160 valence electrons. The quantitative estimate of drug-likeness (QED) is 0.766.